The largest absolute Gasteiger partial charge is 0.347 e. The zero-order valence-corrected chi connectivity index (χ0v) is 13.2. The Kier molecular flexibility index (Phi) is 4.49. The first-order chi connectivity index (χ1) is 11.4. The van der Waals surface area contributed by atoms with Crippen molar-refractivity contribution >= 4 is 29.1 Å². The molecule has 0 radical (unpaired) electrons. The SMILES string of the molecule is O=C(N[C@@H]1CC(=O)N(c2ccc(Cl)cc2)C1)c1ccc(F)c(F)c1. The van der Waals surface area contributed by atoms with Gasteiger partial charge < -0.3 is 10.2 Å². The third-order valence-electron chi connectivity index (χ3n) is 3.78. The minimum atomic E-state index is -1.09. The van der Waals surface area contributed by atoms with E-state index >= 15 is 0 Å². The standard InChI is InChI=1S/C17H13ClF2N2O2/c18-11-2-4-13(5-3-11)22-9-12(8-16(22)23)21-17(24)10-1-6-14(19)15(20)7-10/h1-7,12H,8-9H2,(H,21,24)/t12-/m1/s1. The lowest BCUT2D eigenvalue weighted by atomic mass is 10.1. The lowest BCUT2D eigenvalue weighted by Gasteiger charge is -2.17. The fraction of sp³-hybridized carbons (Fsp3) is 0.176. The maximum absolute atomic E-state index is 13.2. The van der Waals surface area contributed by atoms with Gasteiger partial charge in [-0.05, 0) is 42.5 Å². The van der Waals surface area contributed by atoms with Crippen LogP contribution in [0.3, 0.4) is 0 Å². The molecule has 1 aliphatic rings. The number of carbonyl (C=O) groups excluding carboxylic acids is 2. The van der Waals surface area contributed by atoms with Crippen LogP contribution < -0.4 is 10.2 Å². The molecule has 1 fully saturated rings. The summed E-state index contributed by atoms with van der Waals surface area (Å²) in [5.74, 6) is -2.79. The van der Waals surface area contributed by atoms with Gasteiger partial charge in [0.2, 0.25) is 5.91 Å². The summed E-state index contributed by atoms with van der Waals surface area (Å²) >= 11 is 5.83. The van der Waals surface area contributed by atoms with Gasteiger partial charge in [0.05, 0.1) is 6.04 Å². The molecule has 4 nitrogen and oxygen atoms in total. The maximum Gasteiger partial charge on any atom is 0.251 e. The summed E-state index contributed by atoms with van der Waals surface area (Å²) in [5.41, 5.74) is 0.695. The Morgan fingerprint density at radius 2 is 1.83 bits per heavy atom. The van der Waals surface area contributed by atoms with Crippen LogP contribution in [-0.4, -0.2) is 24.4 Å². The van der Waals surface area contributed by atoms with E-state index in [9.17, 15) is 18.4 Å². The van der Waals surface area contributed by atoms with Crippen LogP contribution in [0, 0.1) is 11.6 Å². The van der Waals surface area contributed by atoms with E-state index in [0.29, 0.717) is 17.3 Å². The lowest BCUT2D eigenvalue weighted by molar-refractivity contribution is -0.117. The molecule has 1 N–H and O–H groups in total. The first-order valence-corrected chi connectivity index (χ1v) is 7.63. The average molecular weight is 351 g/mol. The van der Waals surface area contributed by atoms with Gasteiger partial charge in [0.25, 0.3) is 5.91 Å². The summed E-state index contributed by atoms with van der Waals surface area (Å²) < 4.78 is 26.1. The van der Waals surface area contributed by atoms with Crippen molar-refractivity contribution in [3.05, 3.63) is 64.7 Å². The van der Waals surface area contributed by atoms with E-state index < -0.39 is 23.6 Å². The number of rotatable bonds is 3. The van der Waals surface area contributed by atoms with Crippen molar-refractivity contribution in [1.29, 1.82) is 0 Å². The van der Waals surface area contributed by atoms with Crippen molar-refractivity contribution in [2.45, 2.75) is 12.5 Å². The molecule has 2 amide bonds. The highest BCUT2D eigenvalue weighted by Crippen LogP contribution is 2.23. The number of benzene rings is 2. The van der Waals surface area contributed by atoms with Gasteiger partial charge in [-0.1, -0.05) is 11.6 Å². The van der Waals surface area contributed by atoms with E-state index in [-0.39, 0.29) is 17.9 Å². The number of hydrogen-bond donors (Lipinski definition) is 1. The summed E-state index contributed by atoms with van der Waals surface area (Å²) in [6, 6.07) is 9.31. The van der Waals surface area contributed by atoms with Crippen LogP contribution in [0.2, 0.25) is 5.02 Å². The smallest absolute Gasteiger partial charge is 0.251 e. The van der Waals surface area contributed by atoms with Crippen molar-refractivity contribution in [3.8, 4) is 0 Å². The van der Waals surface area contributed by atoms with Gasteiger partial charge in [0.1, 0.15) is 0 Å². The Labute approximate surface area is 142 Å². The third-order valence-corrected chi connectivity index (χ3v) is 4.03. The van der Waals surface area contributed by atoms with Crippen LogP contribution in [0.5, 0.6) is 0 Å². The molecule has 1 saturated heterocycles. The minimum absolute atomic E-state index is 0.00583. The molecule has 1 aliphatic heterocycles. The van der Waals surface area contributed by atoms with Crippen molar-refractivity contribution in [2.24, 2.45) is 0 Å². The zero-order valence-electron chi connectivity index (χ0n) is 12.4. The summed E-state index contributed by atoms with van der Waals surface area (Å²) in [6.45, 7) is 0.301. The molecule has 0 bridgehead atoms. The topological polar surface area (TPSA) is 49.4 Å². The Morgan fingerprint density at radius 1 is 1.12 bits per heavy atom. The summed E-state index contributed by atoms with van der Waals surface area (Å²) in [7, 11) is 0. The van der Waals surface area contributed by atoms with E-state index in [4.69, 9.17) is 11.6 Å². The van der Waals surface area contributed by atoms with Gasteiger partial charge in [0.15, 0.2) is 11.6 Å². The normalized spacial score (nSPS) is 17.2. The highest BCUT2D eigenvalue weighted by molar-refractivity contribution is 6.30. The first kappa shape index (κ1) is 16.4. The minimum Gasteiger partial charge on any atom is -0.347 e. The van der Waals surface area contributed by atoms with Gasteiger partial charge in [-0.3, -0.25) is 9.59 Å². The molecule has 3 rings (SSSR count). The Balaban J connectivity index is 1.68. The Morgan fingerprint density at radius 3 is 2.50 bits per heavy atom. The molecular formula is C17H13ClF2N2O2. The van der Waals surface area contributed by atoms with Crippen LogP contribution in [-0.2, 0) is 4.79 Å². The summed E-state index contributed by atoms with van der Waals surface area (Å²) in [4.78, 5) is 25.8. The molecule has 2 aromatic rings. The van der Waals surface area contributed by atoms with Crippen molar-refractivity contribution in [3.63, 3.8) is 0 Å². The number of amides is 2. The summed E-state index contributed by atoms with van der Waals surface area (Å²) in [5, 5.41) is 3.23. The van der Waals surface area contributed by atoms with E-state index in [2.05, 4.69) is 5.32 Å². The molecule has 24 heavy (non-hydrogen) atoms. The van der Waals surface area contributed by atoms with Crippen molar-refractivity contribution in [2.75, 3.05) is 11.4 Å². The molecule has 0 unspecified atom stereocenters. The Hall–Kier alpha value is -2.47. The molecule has 0 aliphatic carbocycles. The van der Waals surface area contributed by atoms with Gasteiger partial charge in [-0.25, -0.2) is 8.78 Å². The maximum atomic E-state index is 13.2. The highest BCUT2D eigenvalue weighted by atomic mass is 35.5. The molecule has 7 heteroatoms. The molecule has 2 aromatic carbocycles. The predicted octanol–water partition coefficient (Wildman–Crippen LogP) is 3.15. The fourth-order valence-corrected chi connectivity index (χ4v) is 2.71. The molecule has 1 heterocycles. The average Bonchev–Trinajstić information content (AvgIpc) is 2.91. The fourth-order valence-electron chi connectivity index (χ4n) is 2.58. The molecule has 0 aromatic heterocycles. The van der Waals surface area contributed by atoms with E-state index in [1.165, 1.54) is 6.07 Å². The lowest BCUT2D eigenvalue weighted by Crippen LogP contribution is -2.37. The molecule has 0 spiro atoms. The predicted molar refractivity (Wildman–Crippen MR) is 86.0 cm³/mol. The molecule has 124 valence electrons. The zero-order chi connectivity index (χ0) is 17.3. The first-order valence-electron chi connectivity index (χ1n) is 7.26. The van der Waals surface area contributed by atoms with Crippen LogP contribution in [0.15, 0.2) is 42.5 Å². The van der Waals surface area contributed by atoms with Gasteiger partial charge in [0, 0.05) is 29.2 Å². The molecule has 1 atom stereocenters. The van der Waals surface area contributed by atoms with Crippen LogP contribution in [0.25, 0.3) is 0 Å². The number of halogens is 3. The monoisotopic (exact) mass is 350 g/mol. The van der Waals surface area contributed by atoms with E-state index in [0.717, 1.165) is 12.1 Å². The van der Waals surface area contributed by atoms with Gasteiger partial charge in [-0.15, -0.1) is 0 Å². The number of anilines is 1. The second-order valence-corrected chi connectivity index (χ2v) is 5.92. The van der Waals surface area contributed by atoms with E-state index in [1.54, 1.807) is 29.2 Å². The second kappa shape index (κ2) is 6.57. The summed E-state index contributed by atoms with van der Waals surface area (Å²) in [6.07, 6.45) is 0.137. The van der Waals surface area contributed by atoms with Gasteiger partial charge >= 0.3 is 0 Å². The van der Waals surface area contributed by atoms with Crippen molar-refractivity contribution < 1.29 is 18.4 Å². The van der Waals surface area contributed by atoms with Crippen LogP contribution in [0.1, 0.15) is 16.8 Å². The second-order valence-electron chi connectivity index (χ2n) is 5.48. The molecule has 0 saturated carbocycles. The number of nitrogens with zero attached hydrogens (tertiary/aromatic N) is 1. The number of carbonyl (C=O) groups is 2. The van der Waals surface area contributed by atoms with Gasteiger partial charge in [-0.2, -0.15) is 0 Å². The quantitative estimate of drug-likeness (QED) is 0.924. The highest BCUT2D eigenvalue weighted by Gasteiger charge is 2.31. The van der Waals surface area contributed by atoms with E-state index in [1.807, 2.05) is 0 Å². The number of nitrogens with one attached hydrogen (secondary N) is 1. The third kappa shape index (κ3) is 3.38. The van der Waals surface area contributed by atoms with Crippen LogP contribution >= 0.6 is 11.6 Å². The van der Waals surface area contributed by atoms with Crippen molar-refractivity contribution in [1.82, 2.24) is 5.32 Å². The Bertz CT molecular complexity index is 796. The number of hydrogen-bond acceptors (Lipinski definition) is 2. The molecular weight excluding hydrogens is 338 g/mol. The van der Waals surface area contributed by atoms with Crippen LogP contribution in [0.4, 0.5) is 14.5 Å².